The van der Waals surface area contributed by atoms with Crippen LogP contribution in [0.2, 0.25) is 10.0 Å². The second-order valence-corrected chi connectivity index (χ2v) is 5.62. The molecule has 0 radical (unpaired) electrons. The first-order valence-electron chi connectivity index (χ1n) is 6.29. The van der Waals surface area contributed by atoms with Crippen molar-refractivity contribution < 1.29 is 4.79 Å². The molecule has 2 unspecified atom stereocenters. The summed E-state index contributed by atoms with van der Waals surface area (Å²) in [6, 6.07) is 5.71. The summed E-state index contributed by atoms with van der Waals surface area (Å²) in [4.78, 5) is 11.8. The first-order valence-corrected chi connectivity index (χ1v) is 7.04. The summed E-state index contributed by atoms with van der Waals surface area (Å²) in [5, 5.41) is 4.14. The van der Waals surface area contributed by atoms with Gasteiger partial charge in [-0.25, -0.2) is 5.43 Å². The number of carbonyl (C=O) groups excluding carboxylic acids is 1. The van der Waals surface area contributed by atoms with Crippen LogP contribution >= 0.6 is 23.2 Å². The first-order chi connectivity index (χ1) is 9.04. The maximum atomic E-state index is 11.8. The highest BCUT2D eigenvalue weighted by molar-refractivity contribution is 6.35. The molecule has 1 aliphatic heterocycles. The third-order valence-corrected chi connectivity index (χ3v) is 3.65. The summed E-state index contributed by atoms with van der Waals surface area (Å²) in [5.74, 6) is 0.0133. The molecule has 1 heterocycles. The van der Waals surface area contributed by atoms with Crippen molar-refractivity contribution >= 4 is 29.1 Å². The Bertz CT molecular complexity index is 467. The Labute approximate surface area is 122 Å². The molecule has 1 saturated heterocycles. The molecule has 1 aliphatic rings. The quantitative estimate of drug-likeness (QED) is 0.799. The highest BCUT2D eigenvalue weighted by atomic mass is 35.5. The van der Waals surface area contributed by atoms with Crippen LogP contribution in [-0.2, 0) is 11.2 Å². The molecule has 1 aromatic carbocycles. The summed E-state index contributed by atoms with van der Waals surface area (Å²) < 4.78 is 0. The molecule has 2 atom stereocenters. The summed E-state index contributed by atoms with van der Waals surface area (Å²) in [7, 11) is 0. The van der Waals surface area contributed by atoms with E-state index in [-0.39, 0.29) is 12.1 Å². The Morgan fingerprint density at radius 2 is 2.21 bits per heavy atom. The van der Waals surface area contributed by atoms with E-state index in [1.807, 2.05) is 6.07 Å². The van der Waals surface area contributed by atoms with Crippen molar-refractivity contribution in [3.05, 3.63) is 33.8 Å². The van der Waals surface area contributed by atoms with Crippen molar-refractivity contribution in [2.45, 2.75) is 38.4 Å². The molecule has 1 fully saturated rings. The van der Waals surface area contributed by atoms with Gasteiger partial charge in [0.2, 0.25) is 5.91 Å². The van der Waals surface area contributed by atoms with Crippen LogP contribution in [0.25, 0.3) is 0 Å². The van der Waals surface area contributed by atoms with Gasteiger partial charge in [0.15, 0.2) is 0 Å². The van der Waals surface area contributed by atoms with Crippen molar-refractivity contribution in [2.24, 2.45) is 0 Å². The second-order valence-electron chi connectivity index (χ2n) is 4.78. The van der Waals surface area contributed by atoms with Crippen molar-refractivity contribution in [2.75, 3.05) is 0 Å². The highest BCUT2D eigenvalue weighted by Crippen LogP contribution is 2.22. The predicted molar refractivity (Wildman–Crippen MR) is 77.1 cm³/mol. The minimum atomic E-state index is 0.00295. The molecule has 0 bridgehead atoms. The number of rotatable bonds is 4. The Kier molecular flexibility index (Phi) is 5.05. The van der Waals surface area contributed by atoms with Gasteiger partial charge in [-0.3, -0.25) is 10.2 Å². The smallest absolute Gasteiger partial charge is 0.221 e. The number of hydrogen-bond donors (Lipinski definition) is 3. The van der Waals surface area contributed by atoms with Gasteiger partial charge >= 0.3 is 0 Å². The molecule has 104 valence electrons. The Hall–Kier alpha value is -0.810. The van der Waals surface area contributed by atoms with Gasteiger partial charge in [0, 0.05) is 22.5 Å². The molecule has 6 heteroatoms. The number of aryl methyl sites for hydroxylation is 1. The van der Waals surface area contributed by atoms with Crippen LogP contribution < -0.4 is 16.2 Å². The monoisotopic (exact) mass is 301 g/mol. The maximum absolute atomic E-state index is 11.8. The number of nitrogens with one attached hydrogen (secondary N) is 3. The van der Waals surface area contributed by atoms with Gasteiger partial charge < -0.3 is 5.32 Å². The van der Waals surface area contributed by atoms with E-state index in [2.05, 4.69) is 23.1 Å². The Balaban J connectivity index is 1.80. The maximum Gasteiger partial charge on any atom is 0.221 e. The zero-order chi connectivity index (χ0) is 13.8. The molecule has 3 N–H and O–H groups in total. The molecule has 1 aromatic rings. The zero-order valence-corrected chi connectivity index (χ0v) is 12.2. The van der Waals surface area contributed by atoms with Crippen molar-refractivity contribution in [3.8, 4) is 0 Å². The molecular weight excluding hydrogens is 285 g/mol. The van der Waals surface area contributed by atoms with E-state index in [0.717, 1.165) is 12.0 Å². The van der Waals surface area contributed by atoms with Gasteiger partial charge in [0.05, 0.1) is 6.17 Å². The van der Waals surface area contributed by atoms with Crippen LogP contribution in [0.15, 0.2) is 18.2 Å². The number of carbonyl (C=O) groups is 1. The average Bonchev–Trinajstić information content (AvgIpc) is 2.73. The van der Waals surface area contributed by atoms with Gasteiger partial charge in [0.25, 0.3) is 0 Å². The van der Waals surface area contributed by atoms with Crippen LogP contribution in [0.1, 0.15) is 25.3 Å². The SMILES string of the molecule is CC1CC(NC(=O)CCc2ccc(Cl)cc2Cl)NN1. The first kappa shape index (κ1) is 14.6. The van der Waals surface area contributed by atoms with Crippen LogP contribution in [0.3, 0.4) is 0 Å². The van der Waals surface area contributed by atoms with E-state index >= 15 is 0 Å². The zero-order valence-electron chi connectivity index (χ0n) is 10.7. The summed E-state index contributed by atoms with van der Waals surface area (Å²) in [5.41, 5.74) is 7.03. The van der Waals surface area contributed by atoms with Crippen LogP contribution in [0, 0.1) is 0 Å². The van der Waals surface area contributed by atoms with E-state index < -0.39 is 0 Å². The number of hydrogen-bond acceptors (Lipinski definition) is 3. The fourth-order valence-electron chi connectivity index (χ4n) is 2.05. The van der Waals surface area contributed by atoms with Crippen molar-refractivity contribution in [1.29, 1.82) is 0 Å². The molecule has 0 aliphatic carbocycles. The molecule has 0 spiro atoms. The van der Waals surface area contributed by atoms with Crippen molar-refractivity contribution in [3.63, 3.8) is 0 Å². The lowest BCUT2D eigenvalue weighted by Gasteiger charge is -2.12. The minimum absolute atomic E-state index is 0.00295. The standard InChI is InChI=1S/C13H17Cl2N3O/c1-8-6-12(18-17-8)16-13(19)5-3-9-2-4-10(14)7-11(9)15/h2,4,7-8,12,17-18H,3,5-6H2,1H3,(H,16,19). The van der Waals surface area contributed by atoms with E-state index in [9.17, 15) is 4.79 Å². The molecule has 1 amide bonds. The lowest BCUT2D eigenvalue weighted by Crippen LogP contribution is -2.44. The molecule has 4 nitrogen and oxygen atoms in total. The number of hydrazine groups is 1. The largest absolute Gasteiger partial charge is 0.339 e. The van der Waals surface area contributed by atoms with Gasteiger partial charge in [-0.1, -0.05) is 29.3 Å². The number of halogens is 2. The summed E-state index contributed by atoms with van der Waals surface area (Å²) in [6.45, 7) is 2.06. The highest BCUT2D eigenvalue weighted by Gasteiger charge is 2.21. The fraction of sp³-hybridized carbons (Fsp3) is 0.462. The van der Waals surface area contributed by atoms with Crippen LogP contribution in [-0.4, -0.2) is 18.1 Å². The van der Waals surface area contributed by atoms with Gasteiger partial charge in [-0.05, 0) is 37.5 Å². The third kappa shape index (κ3) is 4.35. The van der Waals surface area contributed by atoms with Crippen LogP contribution in [0.4, 0.5) is 0 Å². The normalized spacial score (nSPS) is 22.5. The molecule has 2 rings (SSSR count). The summed E-state index contributed by atoms with van der Waals surface area (Å²) >= 11 is 11.9. The average molecular weight is 302 g/mol. The molecule has 19 heavy (non-hydrogen) atoms. The van der Waals surface area contributed by atoms with E-state index in [0.29, 0.717) is 28.9 Å². The molecule has 0 saturated carbocycles. The van der Waals surface area contributed by atoms with E-state index in [1.54, 1.807) is 12.1 Å². The minimum Gasteiger partial charge on any atom is -0.339 e. The third-order valence-electron chi connectivity index (χ3n) is 3.06. The molecule has 0 aromatic heterocycles. The summed E-state index contributed by atoms with van der Waals surface area (Å²) in [6.07, 6.45) is 1.90. The van der Waals surface area contributed by atoms with Gasteiger partial charge in [-0.2, -0.15) is 0 Å². The predicted octanol–water partition coefficient (Wildman–Crippen LogP) is 2.25. The second kappa shape index (κ2) is 6.57. The van der Waals surface area contributed by atoms with Gasteiger partial charge in [-0.15, -0.1) is 0 Å². The lowest BCUT2D eigenvalue weighted by molar-refractivity contribution is -0.121. The fourth-order valence-corrected chi connectivity index (χ4v) is 2.55. The van der Waals surface area contributed by atoms with Crippen molar-refractivity contribution in [1.82, 2.24) is 16.2 Å². The van der Waals surface area contributed by atoms with Gasteiger partial charge in [0.1, 0.15) is 0 Å². The van der Waals surface area contributed by atoms with Crippen LogP contribution in [0.5, 0.6) is 0 Å². The topological polar surface area (TPSA) is 53.2 Å². The number of benzene rings is 1. The van der Waals surface area contributed by atoms with E-state index in [1.165, 1.54) is 0 Å². The Morgan fingerprint density at radius 1 is 1.42 bits per heavy atom. The lowest BCUT2D eigenvalue weighted by atomic mass is 10.1. The Morgan fingerprint density at radius 3 is 2.84 bits per heavy atom. The van der Waals surface area contributed by atoms with E-state index in [4.69, 9.17) is 23.2 Å². The molecular formula is C13H17Cl2N3O. The number of amides is 1.